The van der Waals surface area contributed by atoms with Crippen LogP contribution in [-0.2, 0) is 20.4 Å². The minimum Gasteiger partial charge on any atom is -0.189 e. The smallest absolute Gasteiger partial charge is 0.189 e. The van der Waals surface area contributed by atoms with Gasteiger partial charge in [0.05, 0.1) is 9.79 Å². The van der Waals surface area contributed by atoms with Crippen molar-refractivity contribution in [3.05, 3.63) is 59.6 Å². The Hall–Kier alpha value is -2.03. The Bertz CT molecular complexity index is 1190. The second-order valence-electron chi connectivity index (χ2n) is 5.24. The molecule has 3 aromatic rings. The number of hydrogen-bond donors (Lipinski definition) is 0. The summed E-state index contributed by atoms with van der Waals surface area (Å²) in [6.07, 6.45) is 0. The highest BCUT2D eigenvalue weighted by molar-refractivity contribution is 7.86. The van der Waals surface area contributed by atoms with Gasteiger partial charge in [-0.15, -0.1) is 7.77 Å². The normalized spacial score (nSPS) is 12.4. The molecule has 0 fully saturated rings. The highest BCUT2D eigenvalue weighted by atomic mass is 35.5. The van der Waals surface area contributed by atoms with Gasteiger partial charge in [-0.2, -0.15) is 16.8 Å². The van der Waals surface area contributed by atoms with Crippen molar-refractivity contribution >= 4 is 42.8 Å². The van der Waals surface area contributed by atoms with Gasteiger partial charge in [-0.3, -0.25) is 0 Å². The average molecular weight is 403 g/mol. The molecule has 25 heavy (non-hydrogen) atoms. The van der Waals surface area contributed by atoms with E-state index in [1.54, 1.807) is 6.07 Å². The number of rotatable bonds is 3. The molecule has 0 aromatic heterocycles. The van der Waals surface area contributed by atoms with E-state index in [-0.39, 0.29) is 5.02 Å². The van der Waals surface area contributed by atoms with Crippen LogP contribution in [0.1, 0.15) is 0 Å². The van der Waals surface area contributed by atoms with Gasteiger partial charge < -0.3 is 0 Å². The average Bonchev–Trinajstić information content (AvgIpc) is 2.53. The maximum atomic E-state index is 13.1. The van der Waals surface area contributed by atoms with E-state index in [2.05, 4.69) is 0 Å². The summed E-state index contributed by atoms with van der Waals surface area (Å²) in [5.41, 5.74) is 1.19. The topological polar surface area (TPSA) is 68.3 Å². The number of benzene rings is 3. The molecule has 0 aliphatic heterocycles. The maximum Gasteiger partial charge on any atom is 0.332 e. The van der Waals surface area contributed by atoms with Gasteiger partial charge in [-0.1, -0.05) is 29.8 Å². The van der Waals surface area contributed by atoms with Crippen LogP contribution in [0.3, 0.4) is 0 Å². The third-order valence-electron chi connectivity index (χ3n) is 3.63. The lowest BCUT2D eigenvalue weighted by Crippen LogP contribution is -1.92. The lowest BCUT2D eigenvalue weighted by Gasteiger charge is -2.08. The molecule has 0 unspecified atom stereocenters. The molecular weight excluding hydrogens is 394 g/mol. The van der Waals surface area contributed by atoms with Crippen molar-refractivity contribution in [1.29, 1.82) is 0 Å². The molecule has 3 rings (SSSR count). The highest BCUT2D eigenvalue weighted by Gasteiger charge is 2.15. The first-order chi connectivity index (χ1) is 11.6. The molecule has 0 N–H and O–H groups in total. The predicted octanol–water partition coefficient (Wildman–Crippen LogP) is 4.48. The standard InChI is InChI=1S/C16H9ClF2O4S2/c17-16-8-12(10-1-4-13(5-2-10)24(18,20)21)7-11-3-6-14(9-15(11)16)25(19,22)23/h1-9H. The van der Waals surface area contributed by atoms with E-state index in [0.29, 0.717) is 21.9 Å². The van der Waals surface area contributed by atoms with Crippen LogP contribution >= 0.6 is 11.6 Å². The SMILES string of the molecule is O=S(=O)(F)c1ccc(-c2cc(Cl)c3cc(S(=O)(=O)F)ccc3c2)cc1. The Morgan fingerprint density at radius 2 is 1.24 bits per heavy atom. The van der Waals surface area contributed by atoms with Crippen LogP contribution in [0.5, 0.6) is 0 Å². The summed E-state index contributed by atoms with van der Waals surface area (Å²) in [5, 5.41) is 1.12. The molecule has 0 saturated heterocycles. The Morgan fingerprint density at radius 3 is 1.80 bits per heavy atom. The van der Waals surface area contributed by atoms with Crippen molar-refractivity contribution < 1.29 is 24.6 Å². The molecule has 4 nitrogen and oxygen atoms in total. The van der Waals surface area contributed by atoms with Gasteiger partial charge >= 0.3 is 20.4 Å². The summed E-state index contributed by atoms with van der Waals surface area (Å²) in [7, 11) is -9.62. The summed E-state index contributed by atoms with van der Waals surface area (Å²) in [4.78, 5) is -0.951. The van der Waals surface area contributed by atoms with Crippen LogP contribution in [0.15, 0.2) is 64.4 Å². The summed E-state index contributed by atoms with van der Waals surface area (Å²) in [6, 6.07) is 12.0. The van der Waals surface area contributed by atoms with Gasteiger partial charge in [-0.05, 0) is 52.9 Å². The lowest BCUT2D eigenvalue weighted by molar-refractivity contribution is 0.550. The van der Waals surface area contributed by atoms with Crippen LogP contribution in [0.25, 0.3) is 21.9 Å². The molecule has 9 heteroatoms. The van der Waals surface area contributed by atoms with Gasteiger partial charge in [0.2, 0.25) is 0 Å². The molecule has 3 aromatic carbocycles. The van der Waals surface area contributed by atoms with Crippen molar-refractivity contribution in [3.63, 3.8) is 0 Å². The van der Waals surface area contributed by atoms with Crippen molar-refractivity contribution in [2.75, 3.05) is 0 Å². The predicted molar refractivity (Wildman–Crippen MR) is 91.0 cm³/mol. The zero-order valence-electron chi connectivity index (χ0n) is 12.3. The first-order valence-electron chi connectivity index (χ1n) is 6.79. The lowest BCUT2D eigenvalue weighted by atomic mass is 10.0. The summed E-state index contributed by atoms with van der Waals surface area (Å²) < 4.78 is 69.8. The Labute approximate surface area is 148 Å². The van der Waals surface area contributed by atoms with Crippen molar-refractivity contribution in [2.45, 2.75) is 9.79 Å². The fraction of sp³-hybridized carbons (Fsp3) is 0. The molecule has 130 valence electrons. The van der Waals surface area contributed by atoms with Gasteiger partial charge in [0.25, 0.3) is 0 Å². The van der Waals surface area contributed by atoms with Crippen LogP contribution < -0.4 is 0 Å². The second kappa shape index (κ2) is 6.05. The molecule has 0 radical (unpaired) electrons. The largest absolute Gasteiger partial charge is 0.332 e. The van der Waals surface area contributed by atoms with Crippen molar-refractivity contribution in [2.24, 2.45) is 0 Å². The molecule has 0 atom stereocenters. The monoisotopic (exact) mass is 402 g/mol. The molecule has 0 aliphatic rings. The Balaban J connectivity index is 2.13. The van der Waals surface area contributed by atoms with E-state index in [0.717, 1.165) is 24.3 Å². The molecule has 0 bridgehead atoms. The van der Waals surface area contributed by atoms with Gasteiger partial charge in [0.15, 0.2) is 0 Å². The molecule has 0 spiro atoms. The maximum absolute atomic E-state index is 13.1. The fourth-order valence-corrected chi connectivity index (χ4v) is 3.65. The zero-order valence-corrected chi connectivity index (χ0v) is 14.7. The number of hydrogen-bond acceptors (Lipinski definition) is 4. The number of halogens is 3. The van der Waals surface area contributed by atoms with Crippen molar-refractivity contribution in [3.8, 4) is 11.1 Å². The first-order valence-corrected chi connectivity index (χ1v) is 9.93. The zero-order chi connectivity index (χ0) is 18.4. The Kier molecular flexibility index (Phi) is 4.30. The summed E-state index contributed by atoms with van der Waals surface area (Å²) in [5.74, 6) is 0. The summed E-state index contributed by atoms with van der Waals surface area (Å²) >= 11 is 6.16. The quantitative estimate of drug-likeness (QED) is 0.606. The minimum atomic E-state index is -4.84. The van der Waals surface area contributed by atoms with Gasteiger partial charge in [-0.25, -0.2) is 0 Å². The minimum absolute atomic E-state index is 0.195. The van der Waals surface area contributed by atoms with E-state index >= 15 is 0 Å². The molecule has 0 heterocycles. The van der Waals surface area contributed by atoms with E-state index in [4.69, 9.17) is 11.6 Å². The summed E-state index contributed by atoms with van der Waals surface area (Å²) in [6.45, 7) is 0. The van der Waals surface area contributed by atoms with Crippen LogP contribution in [0.2, 0.25) is 5.02 Å². The molecule has 0 saturated carbocycles. The van der Waals surface area contributed by atoms with Crippen LogP contribution in [0, 0.1) is 0 Å². The Morgan fingerprint density at radius 1 is 0.680 bits per heavy atom. The molecule has 0 aliphatic carbocycles. The fourth-order valence-electron chi connectivity index (χ4n) is 2.42. The third-order valence-corrected chi connectivity index (χ3v) is 5.59. The van der Waals surface area contributed by atoms with Crippen molar-refractivity contribution in [1.82, 2.24) is 0 Å². The van der Waals surface area contributed by atoms with Crippen LogP contribution in [-0.4, -0.2) is 16.8 Å². The van der Waals surface area contributed by atoms with Gasteiger partial charge in [0.1, 0.15) is 0 Å². The van der Waals surface area contributed by atoms with E-state index < -0.39 is 30.2 Å². The number of fused-ring (bicyclic) bond motifs is 1. The third kappa shape index (κ3) is 3.65. The highest BCUT2D eigenvalue weighted by Crippen LogP contribution is 2.33. The first kappa shape index (κ1) is 17.8. The van der Waals surface area contributed by atoms with E-state index in [1.165, 1.54) is 24.3 Å². The van der Waals surface area contributed by atoms with Crippen LogP contribution in [0.4, 0.5) is 7.77 Å². The molecular formula is C16H9ClF2O4S2. The van der Waals surface area contributed by atoms with E-state index in [9.17, 15) is 24.6 Å². The van der Waals surface area contributed by atoms with E-state index in [1.807, 2.05) is 0 Å². The van der Waals surface area contributed by atoms with Gasteiger partial charge in [0, 0.05) is 10.4 Å². The molecule has 0 amide bonds. The second-order valence-corrected chi connectivity index (χ2v) is 8.34.